The number of ketones is 2. The fourth-order valence-corrected chi connectivity index (χ4v) is 4.26. The summed E-state index contributed by atoms with van der Waals surface area (Å²) in [4.78, 5) is 25.8. The van der Waals surface area contributed by atoms with E-state index < -0.39 is 0 Å². The molecular formula is C24H13BrO2. The molecule has 0 heterocycles. The van der Waals surface area contributed by atoms with Gasteiger partial charge in [-0.25, -0.2) is 0 Å². The molecule has 2 nitrogen and oxygen atoms in total. The van der Waals surface area contributed by atoms with Crippen molar-refractivity contribution in [2.75, 3.05) is 0 Å². The molecule has 0 fully saturated rings. The number of benzene rings is 4. The Balaban J connectivity index is 1.74. The highest BCUT2D eigenvalue weighted by molar-refractivity contribution is 9.10. The smallest absolute Gasteiger partial charge is 0.194 e. The summed E-state index contributed by atoms with van der Waals surface area (Å²) in [7, 11) is 0. The predicted molar refractivity (Wildman–Crippen MR) is 110 cm³/mol. The maximum atomic E-state index is 13.0. The molecule has 0 spiro atoms. The van der Waals surface area contributed by atoms with E-state index in [1.165, 1.54) is 0 Å². The Hall–Kier alpha value is -3.04. The second-order valence-corrected chi connectivity index (χ2v) is 7.46. The van der Waals surface area contributed by atoms with Gasteiger partial charge in [0.05, 0.1) is 0 Å². The summed E-state index contributed by atoms with van der Waals surface area (Å²) >= 11 is 3.60. The minimum Gasteiger partial charge on any atom is -0.289 e. The molecule has 1 aliphatic carbocycles. The second kappa shape index (κ2) is 6.00. The van der Waals surface area contributed by atoms with Crippen molar-refractivity contribution >= 4 is 38.3 Å². The Morgan fingerprint density at radius 2 is 1.07 bits per heavy atom. The summed E-state index contributed by atoms with van der Waals surface area (Å²) in [6.45, 7) is 0. The molecule has 0 aromatic heterocycles. The van der Waals surface area contributed by atoms with E-state index in [-0.39, 0.29) is 11.6 Å². The van der Waals surface area contributed by atoms with Crippen LogP contribution in [0.5, 0.6) is 0 Å². The van der Waals surface area contributed by atoms with Crippen molar-refractivity contribution in [1.29, 1.82) is 0 Å². The Labute approximate surface area is 164 Å². The van der Waals surface area contributed by atoms with Gasteiger partial charge in [0.25, 0.3) is 0 Å². The van der Waals surface area contributed by atoms with Crippen molar-refractivity contribution in [3.63, 3.8) is 0 Å². The lowest BCUT2D eigenvalue weighted by Gasteiger charge is -2.18. The Bertz CT molecular complexity index is 1270. The first-order valence-electron chi connectivity index (χ1n) is 8.65. The summed E-state index contributed by atoms with van der Waals surface area (Å²) in [5, 5.41) is 2.21. The molecule has 0 bridgehead atoms. The molecule has 1 aliphatic rings. The molecule has 0 N–H and O–H groups in total. The molecule has 0 aliphatic heterocycles. The molecule has 128 valence electrons. The lowest BCUT2D eigenvalue weighted by molar-refractivity contribution is 0.0979. The molecule has 4 aromatic rings. The van der Waals surface area contributed by atoms with Crippen molar-refractivity contribution < 1.29 is 9.59 Å². The van der Waals surface area contributed by atoms with Crippen LogP contribution < -0.4 is 0 Å². The summed E-state index contributed by atoms with van der Waals surface area (Å²) < 4.78 is 1.03. The number of carbonyl (C=O) groups excluding carboxylic acids is 2. The minimum atomic E-state index is -0.0940. The van der Waals surface area contributed by atoms with Gasteiger partial charge in [0.2, 0.25) is 0 Å². The zero-order valence-electron chi connectivity index (χ0n) is 14.2. The Kier molecular flexibility index (Phi) is 3.59. The Morgan fingerprint density at radius 3 is 1.81 bits per heavy atom. The third-order valence-electron chi connectivity index (χ3n) is 5.11. The summed E-state index contributed by atoms with van der Waals surface area (Å²) in [5.41, 5.74) is 3.88. The number of hydrogen-bond acceptors (Lipinski definition) is 2. The largest absolute Gasteiger partial charge is 0.289 e. The van der Waals surface area contributed by atoms with Crippen molar-refractivity contribution in [3.05, 3.63) is 106 Å². The zero-order chi connectivity index (χ0) is 18.5. The van der Waals surface area contributed by atoms with Gasteiger partial charge in [0.15, 0.2) is 11.6 Å². The Morgan fingerprint density at radius 1 is 0.519 bits per heavy atom. The average Bonchev–Trinajstić information content (AvgIpc) is 2.72. The first kappa shape index (κ1) is 16.2. The second-order valence-electron chi connectivity index (χ2n) is 6.60. The summed E-state index contributed by atoms with van der Waals surface area (Å²) in [5.74, 6) is -0.184. The minimum absolute atomic E-state index is 0.0904. The fraction of sp³-hybridized carbons (Fsp3) is 0. The molecule has 27 heavy (non-hydrogen) atoms. The SMILES string of the molecule is O=C1c2ccccc2C(=O)c2cc(-c3ccc(Br)c4ccccc34)ccc21. The van der Waals surface area contributed by atoms with Gasteiger partial charge >= 0.3 is 0 Å². The lowest BCUT2D eigenvalue weighted by Crippen LogP contribution is -2.20. The van der Waals surface area contributed by atoms with Gasteiger partial charge in [0, 0.05) is 26.7 Å². The molecule has 0 saturated heterocycles. The van der Waals surface area contributed by atoms with E-state index in [0.717, 1.165) is 26.4 Å². The maximum Gasteiger partial charge on any atom is 0.194 e. The van der Waals surface area contributed by atoms with Crippen molar-refractivity contribution in [1.82, 2.24) is 0 Å². The van der Waals surface area contributed by atoms with Gasteiger partial charge in [-0.2, -0.15) is 0 Å². The van der Waals surface area contributed by atoms with E-state index in [1.807, 2.05) is 36.4 Å². The number of carbonyl (C=O) groups is 2. The highest BCUT2D eigenvalue weighted by Gasteiger charge is 2.29. The first-order chi connectivity index (χ1) is 13.1. The molecule has 0 unspecified atom stereocenters. The van der Waals surface area contributed by atoms with Crippen LogP contribution >= 0.6 is 15.9 Å². The van der Waals surface area contributed by atoms with Gasteiger partial charge < -0.3 is 0 Å². The summed E-state index contributed by atoms with van der Waals surface area (Å²) in [6.07, 6.45) is 0. The number of hydrogen-bond donors (Lipinski definition) is 0. The summed E-state index contributed by atoms with van der Waals surface area (Å²) in [6, 6.07) is 24.8. The van der Waals surface area contributed by atoms with Crippen LogP contribution in [0, 0.1) is 0 Å². The van der Waals surface area contributed by atoms with Gasteiger partial charge in [-0.05, 0) is 40.1 Å². The predicted octanol–water partition coefficient (Wildman–Crippen LogP) is 6.04. The van der Waals surface area contributed by atoms with E-state index in [2.05, 4.69) is 28.1 Å². The highest BCUT2D eigenvalue weighted by Crippen LogP contribution is 2.36. The normalized spacial score (nSPS) is 12.8. The zero-order valence-corrected chi connectivity index (χ0v) is 15.8. The van der Waals surface area contributed by atoms with E-state index in [1.54, 1.807) is 30.3 Å². The third kappa shape index (κ3) is 2.39. The van der Waals surface area contributed by atoms with E-state index >= 15 is 0 Å². The topological polar surface area (TPSA) is 34.1 Å². The standard InChI is InChI=1S/C24H13BrO2/c25-22-12-11-15(16-5-1-2-6-17(16)22)14-9-10-20-21(13-14)24(27)19-8-4-3-7-18(19)23(20)26/h1-13H. The number of rotatable bonds is 1. The molecule has 0 amide bonds. The maximum absolute atomic E-state index is 13.0. The van der Waals surface area contributed by atoms with E-state index in [0.29, 0.717) is 22.3 Å². The van der Waals surface area contributed by atoms with Gasteiger partial charge in [-0.1, -0.05) is 76.6 Å². The average molecular weight is 413 g/mol. The molecule has 4 aromatic carbocycles. The van der Waals surface area contributed by atoms with E-state index in [4.69, 9.17) is 0 Å². The van der Waals surface area contributed by atoms with Gasteiger partial charge in [-0.15, -0.1) is 0 Å². The molecule has 0 saturated carbocycles. The van der Waals surface area contributed by atoms with E-state index in [9.17, 15) is 9.59 Å². The van der Waals surface area contributed by atoms with Crippen LogP contribution in [0.1, 0.15) is 31.8 Å². The van der Waals surface area contributed by atoms with Crippen LogP contribution in [0.3, 0.4) is 0 Å². The highest BCUT2D eigenvalue weighted by atomic mass is 79.9. The molecule has 3 heteroatoms. The number of fused-ring (bicyclic) bond motifs is 3. The monoisotopic (exact) mass is 412 g/mol. The molecular weight excluding hydrogens is 400 g/mol. The van der Waals surface area contributed by atoms with Crippen LogP contribution in [0.25, 0.3) is 21.9 Å². The van der Waals surface area contributed by atoms with Crippen molar-refractivity contribution in [3.8, 4) is 11.1 Å². The number of halogens is 1. The third-order valence-corrected chi connectivity index (χ3v) is 5.80. The molecule has 5 rings (SSSR count). The van der Waals surface area contributed by atoms with Crippen LogP contribution in [0.4, 0.5) is 0 Å². The van der Waals surface area contributed by atoms with Crippen molar-refractivity contribution in [2.45, 2.75) is 0 Å². The molecule has 0 radical (unpaired) electrons. The van der Waals surface area contributed by atoms with Gasteiger partial charge in [0.1, 0.15) is 0 Å². The van der Waals surface area contributed by atoms with Crippen LogP contribution in [-0.4, -0.2) is 11.6 Å². The van der Waals surface area contributed by atoms with Crippen LogP contribution in [0.2, 0.25) is 0 Å². The van der Waals surface area contributed by atoms with Crippen molar-refractivity contribution in [2.24, 2.45) is 0 Å². The molecule has 0 atom stereocenters. The van der Waals surface area contributed by atoms with Gasteiger partial charge in [-0.3, -0.25) is 9.59 Å². The first-order valence-corrected chi connectivity index (χ1v) is 9.44. The quantitative estimate of drug-likeness (QED) is 0.336. The lowest BCUT2D eigenvalue weighted by atomic mass is 9.82. The fourth-order valence-electron chi connectivity index (χ4n) is 3.78. The van der Waals surface area contributed by atoms with Crippen LogP contribution in [-0.2, 0) is 0 Å². The van der Waals surface area contributed by atoms with Crippen LogP contribution in [0.15, 0.2) is 83.3 Å².